The molecule has 0 aliphatic heterocycles. The highest BCUT2D eigenvalue weighted by Gasteiger charge is 2.34. The first-order valence-corrected chi connectivity index (χ1v) is 9.39. The normalized spacial score (nSPS) is 13.3. The highest BCUT2D eigenvalue weighted by atomic mass is 32.2. The van der Waals surface area contributed by atoms with E-state index < -0.39 is 27.3 Å². The molecular formula is C19H22O4S. The molecule has 128 valence electrons. The summed E-state index contributed by atoms with van der Waals surface area (Å²) < 4.78 is 30.8. The van der Waals surface area contributed by atoms with Gasteiger partial charge in [0, 0.05) is 5.41 Å². The molecule has 0 spiro atoms. The van der Waals surface area contributed by atoms with Crippen LogP contribution in [-0.4, -0.2) is 26.2 Å². The highest BCUT2D eigenvalue weighted by molar-refractivity contribution is 7.91. The zero-order chi connectivity index (χ0) is 17.8. The first kappa shape index (κ1) is 18.2. The summed E-state index contributed by atoms with van der Waals surface area (Å²) in [6.07, 6.45) is -0.754. The number of carbonyl (C=O) groups excluding carboxylic acids is 1. The van der Waals surface area contributed by atoms with Crippen molar-refractivity contribution < 1.29 is 17.9 Å². The van der Waals surface area contributed by atoms with Crippen LogP contribution < -0.4 is 0 Å². The molecule has 2 aromatic rings. The van der Waals surface area contributed by atoms with Crippen molar-refractivity contribution in [2.45, 2.75) is 31.8 Å². The molecule has 2 rings (SSSR count). The van der Waals surface area contributed by atoms with Gasteiger partial charge in [-0.25, -0.2) is 13.2 Å². The average Bonchev–Trinajstić information content (AvgIpc) is 2.55. The number of carbonyl (C=O) groups is 1. The molecule has 0 fully saturated rings. The fraction of sp³-hybridized carbons (Fsp3) is 0.316. The standard InChI is InChI=1S/C19H22O4S/c1-19(2,3)17(23-18(20)15-10-6-4-7-11-15)14-24(21,22)16-12-8-5-9-13-16/h4-13,17H,14H2,1-3H3. The monoisotopic (exact) mass is 346 g/mol. The van der Waals surface area contributed by atoms with Gasteiger partial charge in [-0.1, -0.05) is 57.2 Å². The minimum atomic E-state index is -3.55. The van der Waals surface area contributed by atoms with Crippen LogP contribution >= 0.6 is 0 Å². The third-order valence-electron chi connectivity index (χ3n) is 3.70. The zero-order valence-electron chi connectivity index (χ0n) is 14.1. The maximum Gasteiger partial charge on any atom is 0.338 e. The second kappa shape index (κ2) is 7.18. The summed E-state index contributed by atoms with van der Waals surface area (Å²) in [5.41, 5.74) is -0.101. The molecule has 1 unspecified atom stereocenters. The molecule has 0 amide bonds. The Kier molecular flexibility index (Phi) is 5.44. The van der Waals surface area contributed by atoms with Crippen molar-refractivity contribution in [2.24, 2.45) is 5.41 Å². The van der Waals surface area contributed by atoms with E-state index in [1.54, 1.807) is 60.7 Å². The van der Waals surface area contributed by atoms with Crippen LogP contribution in [0.5, 0.6) is 0 Å². The fourth-order valence-corrected chi connectivity index (χ4v) is 3.89. The van der Waals surface area contributed by atoms with E-state index >= 15 is 0 Å². The van der Waals surface area contributed by atoms with Crippen LogP contribution in [0.2, 0.25) is 0 Å². The number of hydrogen-bond acceptors (Lipinski definition) is 4. The largest absolute Gasteiger partial charge is 0.457 e. The lowest BCUT2D eigenvalue weighted by atomic mass is 9.90. The number of esters is 1. The second-order valence-corrected chi connectivity index (χ2v) is 8.75. The van der Waals surface area contributed by atoms with Crippen LogP contribution in [0, 0.1) is 5.41 Å². The molecule has 0 N–H and O–H groups in total. The first-order chi connectivity index (χ1) is 11.2. The van der Waals surface area contributed by atoms with Crippen molar-refractivity contribution >= 4 is 15.8 Å². The smallest absolute Gasteiger partial charge is 0.338 e. The lowest BCUT2D eigenvalue weighted by molar-refractivity contribution is 0.00604. The van der Waals surface area contributed by atoms with Crippen LogP contribution in [-0.2, 0) is 14.6 Å². The number of hydrogen-bond donors (Lipinski definition) is 0. The molecule has 0 heterocycles. The maximum atomic E-state index is 12.6. The van der Waals surface area contributed by atoms with Crippen molar-refractivity contribution in [2.75, 3.05) is 5.75 Å². The molecular weight excluding hydrogens is 324 g/mol. The molecule has 0 aromatic heterocycles. The van der Waals surface area contributed by atoms with Gasteiger partial charge in [0.1, 0.15) is 6.10 Å². The van der Waals surface area contributed by atoms with Gasteiger partial charge in [-0.2, -0.15) is 0 Å². The van der Waals surface area contributed by atoms with Crippen molar-refractivity contribution in [3.63, 3.8) is 0 Å². The van der Waals surface area contributed by atoms with Crippen molar-refractivity contribution in [1.29, 1.82) is 0 Å². The van der Waals surface area contributed by atoms with Gasteiger partial charge in [-0.05, 0) is 24.3 Å². The second-order valence-electron chi connectivity index (χ2n) is 6.72. The summed E-state index contributed by atoms with van der Waals surface area (Å²) in [6.45, 7) is 5.57. The molecule has 1 atom stereocenters. The Morgan fingerprint density at radius 3 is 1.96 bits per heavy atom. The Balaban J connectivity index is 2.23. The maximum absolute atomic E-state index is 12.6. The van der Waals surface area contributed by atoms with Gasteiger partial charge in [0.25, 0.3) is 0 Å². The average molecular weight is 346 g/mol. The Morgan fingerprint density at radius 1 is 0.958 bits per heavy atom. The Bertz CT molecular complexity index is 775. The third kappa shape index (κ3) is 4.68. The SMILES string of the molecule is CC(C)(C)C(CS(=O)(=O)c1ccccc1)OC(=O)c1ccccc1. The van der Waals surface area contributed by atoms with Crippen LogP contribution in [0.25, 0.3) is 0 Å². The number of sulfone groups is 1. The summed E-state index contributed by atoms with van der Waals surface area (Å²) in [5.74, 6) is -0.766. The Labute approximate surface area is 143 Å². The number of ether oxygens (including phenoxy) is 1. The van der Waals surface area contributed by atoms with Gasteiger partial charge in [0.05, 0.1) is 16.2 Å². The summed E-state index contributed by atoms with van der Waals surface area (Å²) in [6, 6.07) is 16.8. The fourth-order valence-electron chi connectivity index (χ4n) is 2.16. The number of benzene rings is 2. The van der Waals surface area contributed by atoms with Gasteiger partial charge in [-0.15, -0.1) is 0 Å². The van der Waals surface area contributed by atoms with Crippen LogP contribution in [0.3, 0.4) is 0 Å². The topological polar surface area (TPSA) is 60.4 Å². The number of rotatable bonds is 5. The Morgan fingerprint density at radius 2 is 1.46 bits per heavy atom. The van der Waals surface area contributed by atoms with Crippen molar-refractivity contribution in [1.82, 2.24) is 0 Å². The van der Waals surface area contributed by atoms with Crippen LogP contribution in [0.1, 0.15) is 31.1 Å². The van der Waals surface area contributed by atoms with Crippen molar-refractivity contribution in [3.05, 3.63) is 66.2 Å². The van der Waals surface area contributed by atoms with Gasteiger partial charge in [0.2, 0.25) is 0 Å². The van der Waals surface area contributed by atoms with Gasteiger partial charge < -0.3 is 4.74 Å². The summed E-state index contributed by atoms with van der Waals surface area (Å²) >= 11 is 0. The van der Waals surface area contributed by atoms with Gasteiger partial charge in [0.15, 0.2) is 9.84 Å². The summed E-state index contributed by atoms with van der Waals surface area (Å²) in [7, 11) is -3.55. The molecule has 4 nitrogen and oxygen atoms in total. The molecule has 5 heteroatoms. The van der Waals surface area contributed by atoms with Crippen LogP contribution in [0.4, 0.5) is 0 Å². The predicted octanol–water partition coefficient (Wildman–Crippen LogP) is 3.73. The predicted molar refractivity (Wildman–Crippen MR) is 93.6 cm³/mol. The zero-order valence-corrected chi connectivity index (χ0v) is 14.9. The quantitative estimate of drug-likeness (QED) is 0.774. The molecule has 24 heavy (non-hydrogen) atoms. The van der Waals surface area contributed by atoms with Crippen molar-refractivity contribution in [3.8, 4) is 0 Å². The minimum Gasteiger partial charge on any atom is -0.457 e. The molecule has 0 saturated carbocycles. The lowest BCUT2D eigenvalue weighted by Crippen LogP contribution is -2.37. The molecule has 2 aromatic carbocycles. The molecule has 0 radical (unpaired) electrons. The Hall–Kier alpha value is -2.14. The molecule has 0 aliphatic carbocycles. The van der Waals surface area contributed by atoms with E-state index in [1.165, 1.54) is 0 Å². The van der Waals surface area contributed by atoms with Gasteiger partial charge >= 0.3 is 5.97 Å². The van der Waals surface area contributed by atoms with E-state index in [1.807, 2.05) is 20.8 Å². The van der Waals surface area contributed by atoms with Crippen LogP contribution in [0.15, 0.2) is 65.6 Å². The van der Waals surface area contributed by atoms with E-state index in [9.17, 15) is 13.2 Å². The lowest BCUT2D eigenvalue weighted by Gasteiger charge is -2.30. The van der Waals surface area contributed by atoms with Gasteiger partial charge in [-0.3, -0.25) is 0 Å². The van der Waals surface area contributed by atoms with E-state index in [4.69, 9.17) is 4.74 Å². The van der Waals surface area contributed by atoms with E-state index in [0.717, 1.165) is 0 Å². The van der Waals surface area contributed by atoms with E-state index in [0.29, 0.717) is 5.56 Å². The molecule has 0 saturated heterocycles. The summed E-state index contributed by atoms with van der Waals surface area (Å²) in [4.78, 5) is 12.5. The molecule has 0 bridgehead atoms. The third-order valence-corrected chi connectivity index (χ3v) is 5.43. The molecule has 0 aliphatic rings. The highest BCUT2D eigenvalue weighted by Crippen LogP contribution is 2.27. The van der Waals surface area contributed by atoms with E-state index in [-0.39, 0.29) is 10.6 Å². The first-order valence-electron chi connectivity index (χ1n) is 7.74. The van der Waals surface area contributed by atoms with E-state index in [2.05, 4.69) is 0 Å². The summed E-state index contributed by atoms with van der Waals surface area (Å²) in [5, 5.41) is 0. The minimum absolute atomic E-state index is 0.231.